The van der Waals surface area contributed by atoms with Crippen molar-refractivity contribution in [1.29, 1.82) is 0 Å². The summed E-state index contributed by atoms with van der Waals surface area (Å²) in [4.78, 5) is 0. The summed E-state index contributed by atoms with van der Waals surface area (Å²) in [5.74, 6) is 1.03. The summed E-state index contributed by atoms with van der Waals surface area (Å²) < 4.78 is 5.85. The number of ether oxygens (including phenoxy) is 1. The topological polar surface area (TPSA) is 21.3 Å². The third-order valence-corrected chi connectivity index (χ3v) is 4.89. The molecule has 110 valence electrons. The van der Waals surface area contributed by atoms with Crippen LogP contribution in [-0.4, -0.2) is 12.6 Å². The third-order valence-electron chi connectivity index (χ3n) is 4.89. The van der Waals surface area contributed by atoms with E-state index in [-0.39, 0.29) is 0 Å². The molecule has 0 saturated heterocycles. The van der Waals surface area contributed by atoms with E-state index in [2.05, 4.69) is 43.4 Å². The van der Waals surface area contributed by atoms with Gasteiger partial charge in [0.2, 0.25) is 0 Å². The molecule has 2 saturated carbocycles. The van der Waals surface area contributed by atoms with Crippen LogP contribution in [0.25, 0.3) is 0 Å². The molecule has 0 amide bonds. The van der Waals surface area contributed by atoms with Crippen LogP contribution in [0.3, 0.4) is 0 Å². The van der Waals surface area contributed by atoms with Crippen LogP contribution < -0.4 is 10.1 Å². The quantitative estimate of drug-likeness (QED) is 0.826. The molecule has 3 rings (SSSR count). The lowest BCUT2D eigenvalue weighted by molar-refractivity contribution is 0.226. The van der Waals surface area contributed by atoms with E-state index in [9.17, 15) is 0 Å². The molecule has 2 aliphatic carbocycles. The zero-order chi connectivity index (χ0) is 14.0. The van der Waals surface area contributed by atoms with Gasteiger partial charge in [0, 0.05) is 6.04 Å². The summed E-state index contributed by atoms with van der Waals surface area (Å²) in [6, 6.07) is 9.29. The highest BCUT2D eigenvalue weighted by atomic mass is 16.5. The average molecular weight is 273 g/mol. The molecule has 2 heteroatoms. The average Bonchev–Trinajstić information content (AvgIpc) is 3.16. The number of nitrogens with one attached hydrogen (secondary N) is 1. The smallest absolute Gasteiger partial charge is 0.119 e. The normalized spacial score (nSPS) is 22.7. The lowest BCUT2D eigenvalue weighted by Crippen LogP contribution is -2.34. The summed E-state index contributed by atoms with van der Waals surface area (Å²) in [6.45, 7) is 5.68. The van der Waals surface area contributed by atoms with E-state index in [0.717, 1.165) is 12.3 Å². The Labute approximate surface area is 122 Å². The molecule has 0 aromatic heterocycles. The molecule has 2 fully saturated rings. The summed E-state index contributed by atoms with van der Waals surface area (Å²) in [6.07, 6.45) is 8.36. The number of hydrogen-bond acceptors (Lipinski definition) is 2. The minimum Gasteiger partial charge on any atom is -0.490 e. The molecule has 0 radical (unpaired) electrons. The second-order valence-electron chi connectivity index (χ2n) is 6.74. The van der Waals surface area contributed by atoms with Gasteiger partial charge in [-0.25, -0.2) is 0 Å². The number of benzene rings is 1. The third kappa shape index (κ3) is 3.01. The first-order chi connectivity index (χ1) is 9.71. The maximum absolute atomic E-state index is 5.85. The van der Waals surface area contributed by atoms with Crippen molar-refractivity contribution in [2.45, 2.75) is 64.5 Å². The van der Waals surface area contributed by atoms with Gasteiger partial charge in [-0.3, -0.25) is 0 Å². The van der Waals surface area contributed by atoms with Crippen molar-refractivity contribution in [3.05, 3.63) is 29.8 Å². The van der Waals surface area contributed by atoms with Crippen LogP contribution in [0.1, 0.15) is 64.0 Å². The molecule has 1 atom stereocenters. The predicted octanol–water partition coefficient (Wildman–Crippen LogP) is 4.46. The molecule has 2 aliphatic rings. The van der Waals surface area contributed by atoms with E-state index >= 15 is 0 Å². The Bertz CT molecular complexity index is 429. The van der Waals surface area contributed by atoms with Crippen LogP contribution in [0.15, 0.2) is 24.3 Å². The van der Waals surface area contributed by atoms with E-state index in [1.54, 1.807) is 0 Å². The van der Waals surface area contributed by atoms with Gasteiger partial charge in [0.1, 0.15) is 5.75 Å². The largest absolute Gasteiger partial charge is 0.490 e. The van der Waals surface area contributed by atoms with E-state index in [4.69, 9.17) is 4.74 Å². The van der Waals surface area contributed by atoms with Crippen molar-refractivity contribution in [3.63, 3.8) is 0 Å². The van der Waals surface area contributed by atoms with Gasteiger partial charge in [-0.15, -0.1) is 0 Å². The monoisotopic (exact) mass is 273 g/mol. The molecule has 2 nitrogen and oxygen atoms in total. The van der Waals surface area contributed by atoms with Crippen LogP contribution >= 0.6 is 0 Å². The fraction of sp³-hybridized carbons (Fsp3) is 0.667. The van der Waals surface area contributed by atoms with Crippen LogP contribution in [0.4, 0.5) is 0 Å². The van der Waals surface area contributed by atoms with Gasteiger partial charge in [-0.1, -0.05) is 38.8 Å². The number of hydrogen-bond donors (Lipinski definition) is 1. The van der Waals surface area contributed by atoms with Crippen LogP contribution in [-0.2, 0) is 0 Å². The summed E-state index contributed by atoms with van der Waals surface area (Å²) in [7, 11) is 0. The van der Waals surface area contributed by atoms with Crippen LogP contribution in [0.5, 0.6) is 5.75 Å². The predicted molar refractivity (Wildman–Crippen MR) is 83.1 cm³/mol. The molecular weight excluding hydrogens is 246 g/mol. The molecule has 1 unspecified atom stereocenters. The standard InChI is InChI=1S/C18H27NO/c1-3-19-17(18(2)12-4-5-13-18)14-6-8-15(9-7-14)20-16-10-11-16/h6-9,16-17,19H,3-5,10-13H2,1-2H3. The zero-order valence-electron chi connectivity index (χ0n) is 12.8. The highest BCUT2D eigenvalue weighted by Gasteiger charge is 2.37. The lowest BCUT2D eigenvalue weighted by atomic mass is 9.77. The Kier molecular flexibility index (Phi) is 4.02. The van der Waals surface area contributed by atoms with Crippen molar-refractivity contribution in [2.75, 3.05) is 6.54 Å². The minimum absolute atomic E-state index is 0.412. The molecule has 1 aromatic carbocycles. The van der Waals surface area contributed by atoms with E-state index < -0.39 is 0 Å². The first-order valence-electron chi connectivity index (χ1n) is 8.21. The fourth-order valence-corrected chi connectivity index (χ4v) is 3.56. The van der Waals surface area contributed by atoms with Gasteiger partial charge in [0.25, 0.3) is 0 Å². The molecular formula is C18H27NO. The Balaban J connectivity index is 1.75. The second kappa shape index (κ2) is 5.77. The molecule has 1 aromatic rings. The zero-order valence-corrected chi connectivity index (χ0v) is 12.8. The lowest BCUT2D eigenvalue weighted by Gasteiger charge is -2.35. The molecule has 1 N–H and O–H groups in total. The van der Waals surface area contributed by atoms with Gasteiger partial charge in [-0.05, 0) is 55.3 Å². The highest BCUT2D eigenvalue weighted by Crippen LogP contribution is 2.47. The Morgan fingerprint density at radius 2 is 1.85 bits per heavy atom. The summed E-state index contributed by atoms with van der Waals surface area (Å²) in [5, 5.41) is 3.71. The van der Waals surface area contributed by atoms with E-state index in [0.29, 0.717) is 17.6 Å². The minimum atomic E-state index is 0.412. The van der Waals surface area contributed by atoms with Crippen LogP contribution in [0.2, 0.25) is 0 Å². The van der Waals surface area contributed by atoms with Crippen molar-refractivity contribution >= 4 is 0 Å². The van der Waals surface area contributed by atoms with Crippen molar-refractivity contribution < 1.29 is 4.74 Å². The second-order valence-corrected chi connectivity index (χ2v) is 6.74. The molecule has 0 bridgehead atoms. The number of rotatable bonds is 6. The van der Waals surface area contributed by atoms with Gasteiger partial charge < -0.3 is 10.1 Å². The van der Waals surface area contributed by atoms with Crippen molar-refractivity contribution in [3.8, 4) is 5.75 Å². The summed E-state index contributed by atoms with van der Waals surface area (Å²) in [5.41, 5.74) is 1.83. The van der Waals surface area contributed by atoms with Crippen molar-refractivity contribution in [2.24, 2.45) is 5.41 Å². The molecule has 0 spiro atoms. The Hall–Kier alpha value is -1.02. The first kappa shape index (κ1) is 13.9. The Morgan fingerprint density at radius 3 is 2.40 bits per heavy atom. The van der Waals surface area contributed by atoms with Gasteiger partial charge in [0.05, 0.1) is 6.10 Å². The first-order valence-corrected chi connectivity index (χ1v) is 8.21. The Morgan fingerprint density at radius 1 is 1.20 bits per heavy atom. The molecule has 0 heterocycles. The highest BCUT2D eigenvalue weighted by molar-refractivity contribution is 5.31. The molecule has 20 heavy (non-hydrogen) atoms. The van der Waals surface area contributed by atoms with Gasteiger partial charge in [0.15, 0.2) is 0 Å². The maximum Gasteiger partial charge on any atom is 0.119 e. The van der Waals surface area contributed by atoms with Crippen LogP contribution in [0, 0.1) is 5.41 Å². The maximum atomic E-state index is 5.85. The van der Waals surface area contributed by atoms with Gasteiger partial charge >= 0.3 is 0 Å². The van der Waals surface area contributed by atoms with Gasteiger partial charge in [-0.2, -0.15) is 0 Å². The molecule has 0 aliphatic heterocycles. The van der Waals surface area contributed by atoms with E-state index in [1.165, 1.54) is 44.1 Å². The van der Waals surface area contributed by atoms with E-state index in [1.807, 2.05) is 0 Å². The summed E-state index contributed by atoms with van der Waals surface area (Å²) >= 11 is 0. The van der Waals surface area contributed by atoms with Crippen molar-refractivity contribution in [1.82, 2.24) is 5.32 Å². The fourth-order valence-electron chi connectivity index (χ4n) is 3.56. The SMILES string of the molecule is CCNC(c1ccc(OC2CC2)cc1)C1(C)CCCC1.